The van der Waals surface area contributed by atoms with Crippen LogP contribution in [0.5, 0.6) is 11.5 Å². The largest absolute Gasteiger partial charge is 0.504 e. The number of phenolic OH excluding ortho intramolecular Hbond substituents is 2. The number of hydrogen-bond donors (Lipinski definition) is 2. The summed E-state index contributed by atoms with van der Waals surface area (Å²) in [6, 6.07) is 4.80. The zero-order valence-electron chi connectivity index (χ0n) is 7.66. The minimum absolute atomic E-state index is 0.0750. The van der Waals surface area contributed by atoms with Crippen LogP contribution in [0, 0.1) is 0 Å². The Morgan fingerprint density at radius 3 is 2.62 bits per heavy atom. The van der Waals surface area contributed by atoms with Gasteiger partial charge in [-0.1, -0.05) is 6.07 Å². The van der Waals surface area contributed by atoms with Crippen molar-refractivity contribution in [2.75, 3.05) is 13.2 Å². The molecular formula is C10H14O3. The van der Waals surface area contributed by atoms with E-state index in [0.717, 1.165) is 12.0 Å². The van der Waals surface area contributed by atoms with Crippen LogP contribution in [0.15, 0.2) is 18.2 Å². The summed E-state index contributed by atoms with van der Waals surface area (Å²) < 4.78 is 5.16. The molecule has 1 aromatic rings. The van der Waals surface area contributed by atoms with E-state index in [2.05, 4.69) is 0 Å². The molecule has 1 aromatic carbocycles. The van der Waals surface area contributed by atoms with E-state index in [9.17, 15) is 0 Å². The average molecular weight is 182 g/mol. The van der Waals surface area contributed by atoms with Crippen molar-refractivity contribution in [3.05, 3.63) is 23.8 Å². The predicted molar refractivity (Wildman–Crippen MR) is 50.0 cm³/mol. The van der Waals surface area contributed by atoms with E-state index in [4.69, 9.17) is 14.9 Å². The number of hydrogen-bond acceptors (Lipinski definition) is 3. The zero-order chi connectivity index (χ0) is 9.68. The van der Waals surface area contributed by atoms with Gasteiger partial charge in [0.15, 0.2) is 11.5 Å². The van der Waals surface area contributed by atoms with E-state index in [1.807, 2.05) is 6.92 Å². The first kappa shape index (κ1) is 9.86. The molecule has 0 fully saturated rings. The van der Waals surface area contributed by atoms with Gasteiger partial charge in [-0.3, -0.25) is 0 Å². The van der Waals surface area contributed by atoms with Gasteiger partial charge in [0.2, 0.25) is 0 Å². The maximum absolute atomic E-state index is 9.17. The summed E-state index contributed by atoms with van der Waals surface area (Å²) in [7, 11) is 0. The molecule has 0 bridgehead atoms. The molecule has 3 nitrogen and oxygen atoms in total. The van der Waals surface area contributed by atoms with E-state index in [0.29, 0.717) is 13.2 Å². The Morgan fingerprint density at radius 2 is 2.00 bits per heavy atom. The van der Waals surface area contributed by atoms with Crippen LogP contribution >= 0.6 is 0 Å². The lowest BCUT2D eigenvalue weighted by molar-refractivity contribution is 0.151. The standard InChI is InChI=1S/C10H14O3/c1-2-13-6-5-8-3-4-9(11)10(12)7-8/h3-4,7,11-12H,2,5-6H2,1H3. The molecule has 1 rings (SSSR count). The van der Waals surface area contributed by atoms with Gasteiger partial charge in [-0.15, -0.1) is 0 Å². The number of rotatable bonds is 4. The second-order valence-electron chi connectivity index (χ2n) is 2.77. The molecule has 0 saturated carbocycles. The van der Waals surface area contributed by atoms with Crippen molar-refractivity contribution >= 4 is 0 Å². The lowest BCUT2D eigenvalue weighted by Crippen LogP contribution is -1.97. The van der Waals surface area contributed by atoms with Gasteiger partial charge in [-0.05, 0) is 31.0 Å². The number of ether oxygens (including phenoxy) is 1. The maximum Gasteiger partial charge on any atom is 0.157 e. The van der Waals surface area contributed by atoms with Crippen molar-refractivity contribution in [2.45, 2.75) is 13.3 Å². The molecule has 0 amide bonds. The van der Waals surface area contributed by atoms with Gasteiger partial charge in [0.25, 0.3) is 0 Å². The van der Waals surface area contributed by atoms with Crippen molar-refractivity contribution < 1.29 is 14.9 Å². The number of benzene rings is 1. The van der Waals surface area contributed by atoms with Crippen molar-refractivity contribution in [3.8, 4) is 11.5 Å². The average Bonchev–Trinajstić information content (AvgIpc) is 2.12. The van der Waals surface area contributed by atoms with Crippen LogP contribution in [-0.4, -0.2) is 23.4 Å². The molecule has 13 heavy (non-hydrogen) atoms. The lowest BCUT2D eigenvalue weighted by Gasteiger charge is -2.03. The fraction of sp³-hybridized carbons (Fsp3) is 0.400. The summed E-state index contributed by atoms with van der Waals surface area (Å²) in [5.74, 6) is -0.158. The summed E-state index contributed by atoms with van der Waals surface area (Å²) in [6.45, 7) is 3.28. The Bertz CT molecular complexity index is 271. The minimum atomic E-state index is -0.0832. The Hall–Kier alpha value is -1.22. The third-order valence-corrected chi connectivity index (χ3v) is 1.78. The molecule has 0 spiro atoms. The number of aromatic hydroxyl groups is 2. The Kier molecular flexibility index (Phi) is 3.58. The highest BCUT2D eigenvalue weighted by atomic mass is 16.5. The van der Waals surface area contributed by atoms with Gasteiger partial charge in [-0.25, -0.2) is 0 Å². The van der Waals surface area contributed by atoms with Crippen LogP contribution in [0.1, 0.15) is 12.5 Å². The molecule has 0 aromatic heterocycles. The molecule has 3 heteroatoms. The quantitative estimate of drug-likeness (QED) is 0.550. The van der Waals surface area contributed by atoms with Gasteiger partial charge in [-0.2, -0.15) is 0 Å². The van der Waals surface area contributed by atoms with Gasteiger partial charge in [0.05, 0.1) is 6.61 Å². The molecule has 0 unspecified atom stereocenters. The molecular weight excluding hydrogens is 168 g/mol. The molecule has 0 aliphatic rings. The maximum atomic E-state index is 9.17. The van der Waals surface area contributed by atoms with E-state index < -0.39 is 0 Å². The fourth-order valence-corrected chi connectivity index (χ4v) is 1.06. The first-order valence-corrected chi connectivity index (χ1v) is 4.32. The van der Waals surface area contributed by atoms with Gasteiger partial charge < -0.3 is 14.9 Å². The highest BCUT2D eigenvalue weighted by Gasteiger charge is 1.99. The van der Waals surface area contributed by atoms with Crippen molar-refractivity contribution in [1.29, 1.82) is 0 Å². The zero-order valence-corrected chi connectivity index (χ0v) is 7.66. The van der Waals surface area contributed by atoms with Gasteiger partial charge >= 0.3 is 0 Å². The monoisotopic (exact) mass is 182 g/mol. The Balaban J connectivity index is 2.53. The topological polar surface area (TPSA) is 49.7 Å². The summed E-state index contributed by atoms with van der Waals surface area (Å²) in [4.78, 5) is 0. The third-order valence-electron chi connectivity index (χ3n) is 1.78. The smallest absolute Gasteiger partial charge is 0.157 e. The third kappa shape index (κ3) is 2.95. The SMILES string of the molecule is CCOCCc1ccc(O)c(O)c1. The lowest BCUT2D eigenvalue weighted by atomic mass is 10.1. The Labute approximate surface area is 77.6 Å². The van der Waals surface area contributed by atoms with Crippen LogP contribution in [0.3, 0.4) is 0 Å². The first-order valence-electron chi connectivity index (χ1n) is 4.32. The first-order chi connectivity index (χ1) is 6.24. The van der Waals surface area contributed by atoms with E-state index in [1.54, 1.807) is 12.1 Å². The van der Waals surface area contributed by atoms with Crippen LogP contribution in [0.2, 0.25) is 0 Å². The summed E-state index contributed by atoms with van der Waals surface area (Å²) in [6.07, 6.45) is 0.752. The van der Waals surface area contributed by atoms with Gasteiger partial charge in [0.1, 0.15) is 0 Å². The van der Waals surface area contributed by atoms with Crippen molar-refractivity contribution in [3.63, 3.8) is 0 Å². The summed E-state index contributed by atoms with van der Waals surface area (Å²) in [5.41, 5.74) is 0.962. The molecule has 0 aliphatic carbocycles. The minimum Gasteiger partial charge on any atom is -0.504 e. The molecule has 0 aliphatic heterocycles. The molecule has 2 N–H and O–H groups in total. The highest BCUT2D eigenvalue weighted by Crippen LogP contribution is 2.24. The molecule has 72 valence electrons. The molecule has 0 atom stereocenters. The second kappa shape index (κ2) is 4.72. The highest BCUT2D eigenvalue weighted by molar-refractivity contribution is 5.40. The normalized spacial score (nSPS) is 10.2. The Morgan fingerprint density at radius 1 is 1.23 bits per heavy atom. The van der Waals surface area contributed by atoms with Crippen LogP contribution in [-0.2, 0) is 11.2 Å². The summed E-state index contributed by atoms with van der Waals surface area (Å²) >= 11 is 0. The van der Waals surface area contributed by atoms with E-state index >= 15 is 0 Å². The fourth-order valence-electron chi connectivity index (χ4n) is 1.06. The van der Waals surface area contributed by atoms with Crippen molar-refractivity contribution in [1.82, 2.24) is 0 Å². The summed E-state index contributed by atoms with van der Waals surface area (Å²) in [5, 5.41) is 18.2. The number of phenols is 2. The van der Waals surface area contributed by atoms with Crippen LogP contribution in [0.4, 0.5) is 0 Å². The van der Waals surface area contributed by atoms with Crippen LogP contribution < -0.4 is 0 Å². The van der Waals surface area contributed by atoms with Gasteiger partial charge in [0, 0.05) is 6.61 Å². The molecule has 0 radical (unpaired) electrons. The van der Waals surface area contributed by atoms with Crippen LogP contribution in [0.25, 0.3) is 0 Å². The van der Waals surface area contributed by atoms with Crippen molar-refractivity contribution in [2.24, 2.45) is 0 Å². The van der Waals surface area contributed by atoms with E-state index in [-0.39, 0.29) is 11.5 Å². The van der Waals surface area contributed by atoms with E-state index in [1.165, 1.54) is 6.07 Å². The molecule has 0 saturated heterocycles. The second-order valence-corrected chi connectivity index (χ2v) is 2.77. The molecule has 0 heterocycles. The predicted octanol–water partition coefficient (Wildman–Crippen LogP) is 1.68.